The summed E-state index contributed by atoms with van der Waals surface area (Å²) in [6.45, 7) is 1.75. The summed E-state index contributed by atoms with van der Waals surface area (Å²) in [5, 5.41) is 3.57. The summed E-state index contributed by atoms with van der Waals surface area (Å²) in [5.74, 6) is 0. The van der Waals surface area contributed by atoms with Crippen LogP contribution in [0, 0.1) is 0 Å². The van der Waals surface area contributed by atoms with Crippen molar-refractivity contribution in [2.24, 2.45) is 0 Å². The zero-order valence-electron chi connectivity index (χ0n) is 10.9. The van der Waals surface area contributed by atoms with Crippen LogP contribution in [0.25, 0.3) is 0 Å². The van der Waals surface area contributed by atoms with E-state index in [9.17, 15) is 13.2 Å². The number of nitrogens with zero attached hydrogens (tertiary/aromatic N) is 1. The summed E-state index contributed by atoms with van der Waals surface area (Å²) < 4.78 is 38.6. The lowest BCUT2D eigenvalue weighted by molar-refractivity contribution is -0.137. The first-order valence-electron chi connectivity index (χ1n) is 6.81. The molecule has 1 N–H and O–H groups in total. The van der Waals surface area contributed by atoms with Gasteiger partial charge in [-0.25, -0.2) is 0 Å². The van der Waals surface area contributed by atoms with Crippen LogP contribution in [-0.2, 0) is 6.18 Å². The summed E-state index contributed by atoms with van der Waals surface area (Å²) >= 11 is 3.29. The van der Waals surface area contributed by atoms with Gasteiger partial charge in [0.2, 0.25) is 0 Å². The van der Waals surface area contributed by atoms with Gasteiger partial charge in [0.1, 0.15) is 0 Å². The largest absolute Gasteiger partial charge is 0.416 e. The third-order valence-corrected chi connectivity index (χ3v) is 4.77. The van der Waals surface area contributed by atoms with E-state index in [4.69, 9.17) is 0 Å². The Kier molecular flexibility index (Phi) is 3.71. The minimum Gasteiger partial charge on any atom is -0.369 e. The Morgan fingerprint density at radius 3 is 2.60 bits per heavy atom. The van der Waals surface area contributed by atoms with E-state index >= 15 is 0 Å². The second-order valence-corrected chi connectivity index (χ2v) is 6.39. The van der Waals surface area contributed by atoms with Gasteiger partial charge in [-0.1, -0.05) is 0 Å². The number of nitrogens with one attached hydrogen (secondary N) is 1. The number of fused-ring (bicyclic) bond motifs is 2. The smallest absolute Gasteiger partial charge is 0.369 e. The van der Waals surface area contributed by atoms with Crippen molar-refractivity contribution in [3.8, 4) is 0 Å². The lowest BCUT2D eigenvalue weighted by Crippen LogP contribution is -2.35. The van der Waals surface area contributed by atoms with Crippen molar-refractivity contribution in [1.82, 2.24) is 5.32 Å². The second-order valence-electron chi connectivity index (χ2n) is 5.54. The maximum Gasteiger partial charge on any atom is 0.416 e. The fraction of sp³-hybridized carbons (Fsp3) is 0.571. The Bertz CT molecular complexity index is 504. The van der Waals surface area contributed by atoms with Crippen LogP contribution in [0.2, 0.25) is 0 Å². The minimum absolute atomic E-state index is 0.455. The van der Waals surface area contributed by atoms with Crippen LogP contribution >= 0.6 is 15.9 Å². The molecule has 2 unspecified atom stereocenters. The lowest BCUT2D eigenvalue weighted by Gasteiger charge is -2.27. The summed E-state index contributed by atoms with van der Waals surface area (Å²) in [7, 11) is 0. The molecule has 0 aromatic heterocycles. The number of halogens is 4. The van der Waals surface area contributed by atoms with E-state index in [1.807, 2.05) is 0 Å². The van der Waals surface area contributed by atoms with Crippen LogP contribution in [-0.4, -0.2) is 25.2 Å². The van der Waals surface area contributed by atoms with Crippen molar-refractivity contribution in [1.29, 1.82) is 0 Å². The van der Waals surface area contributed by atoms with E-state index in [0.717, 1.165) is 37.7 Å². The Labute approximate surface area is 124 Å². The third kappa shape index (κ3) is 2.81. The van der Waals surface area contributed by atoms with Gasteiger partial charge in [0.05, 0.1) is 11.3 Å². The van der Waals surface area contributed by atoms with Gasteiger partial charge in [-0.15, -0.1) is 0 Å². The molecule has 1 aromatic rings. The van der Waals surface area contributed by atoms with Gasteiger partial charge in [0, 0.05) is 29.6 Å². The van der Waals surface area contributed by atoms with Crippen LogP contribution in [0.4, 0.5) is 18.9 Å². The van der Waals surface area contributed by atoms with Crippen LogP contribution < -0.4 is 10.2 Å². The molecule has 2 atom stereocenters. The van der Waals surface area contributed by atoms with Crippen molar-refractivity contribution >= 4 is 21.6 Å². The molecule has 0 saturated carbocycles. The van der Waals surface area contributed by atoms with Crippen LogP contribution in [0.1, 0.15) is 24.8 Å². The normalized spacial score (nSPS) is 26.7. The first-order chi connectivity index (χ1) is 9.43. The Balaban J connectivity index is 1.83. The highest BCUT2D eigenvalue weighted by Gasteiger charge is 2.33. The highest BCUT2D eigenvalue weighted by Crippen LogP contribution is 2.36. The van der Waals surface area contributed by atoms with Crippen LogP contribution in [0.15, 0.2) is 22.7 Å². The zero-order valence-corrected chi connectivity index (χ0v) is 12.5. The van der Waals surface area contributed by atoms with Crippen molar-refractivity contribution in [2.75, 3.05) is 18.0 Å². The van der Waals surface area contributed by atoms with E-state index in [2.05, 4.69) is 26.1 Å². The predicted molar refractivity (Wildman–Crippen MR) is 75.9 cm³/mol. The number of benzene rings is 1. The molecule has 2 bridgehead atoms. The van der Waals surface area contributed by atoms with Crippen molar-refractivity contribution in [3.63, 3.8) is 0 Å². The Morgan fingerprint density at radius 1 is 1.15 bits per heavy atom. The molecule has 2 nitrogen and oxygen atoms in total. The molecule has 20 heavy (non-hydrogen) atoms. The van der Waals surface area contributed by atoms with E-state index in [0.29, 0.717) is 16.6 Å². The van der Waals surface area contributed by atoms with Gasteiger partial charge >= 0.3 is 6.18 Å². The van der Waals surface area contributed by atoms with Crippen molar-refractivity contribution in [2.45, 2.75) is 37.5 Å². The minimum atomic E-state index is -4.29. The molecule has 2 heterocycles. The molecule has 2 fully saturated rings. The first kappa shape index (κ1) is 14.2. The standard InChI is InChI=1S/C14H16BrF3N2/c15-12-7-9(14(16,17)18)1-4-13(12)20-6-5-10-2-3-11(8-20)19-10/h1,4,7,10-11,19H,2-3,5-6,8H2. The molecule has 2 aliphatic rings. The number of anilines is 1. The highest BCUT2D eigenvalue weighted by atomic mass is 79.9. The van der Waals surface area contributed by atoms with Crippen LogP contribution in [0.3, 0.4) is 0 Å². The topological polar surface area (TPSA) is 15.3 Å². The molecule has 0 radical (unpaired) electrons. The second kappa shape index (κ2) is 5.22. The zero-order chi connectivity index (χ0) is 14.3. The maximum absolute atomic E-state index is 12.7. The third-order valence-electron chi connectivity index (χ3n) is 4.14. The van der Waals surface area contributed by atoms with Crippen LogP contribution in [0.5, 0.6) is 0 Å². The van der Waals surface area contributed by atoms with Gasteiger partial charge in [-0.3, -0.25) is 0 Å². The van der Waals surface area contributed by atoms with Gasteiger partial charge < -0.3 is 10.2 Å². The predicted octanol–water partition coefficient (Wildman–Crippen LogP) is 3.80. The average Bonchev–Trinajstić information content (AvgIpc) is 2.69. The van der Waals surface area contributed by atoms with E-state index in [1.54, 1.807) is 6.07 Å². The fourth-order valence-electron chi connectivity index (χ4n) is 3.10. The van der Waals surface area contributed by atoms with Gasteiger partial charge in [0.15, 0.2) is 0 Å². The molecule has 3 rings (SSSR count). The van der Waals surface area contributed by atoms with Gasteiger partial charge in [-0.05, 0) is 53.4 Å². The molecular weight excluding hydrogens is 333 g/mol. The number of hydrogen-bond acceptors (Lipinski definition) is 2. The lowest BCUT2D eigenvalue weighted by atomic mass is 10.1. The summed E-state index contributed by atoms with van der Waals surface area (Å²) in [4.78, 5) is 2.18. The van der Waals surface area contributed by atoms with Gasteiger partial charge in [0.25, 0.3) is 0 Å². The molecule has 110 valence electrons. The molecule has 0 spiro atoms. The maximum atomic E-state index is 12.7. The van der Waals surface area contributed by atoms with E-state index < -0.39 is 11.7 Å². The quantitative estimate of drug-likeness (QED) is 0.830. The Hall–Kier alpha value is -0.750. The molecule has 0 amide bonds. The highest BCUT2D eigenvalue weighted by molar-refractivity contribution is 9.10. The number of rotatable bonds is 1. The first-order valence-corrected chi connectivity index (χ1v) is 7.60. The van der Waals surface area contributed by atoms with Crippen molar-refractivity contribution in [3.05, 3.63) is 28.2 Å². The van der Waals surface area contributed by atoms with E-state index in [-0.39, 0.29) is 0 Å². The summed E-state index contributed by atoms with van der Waals surface area (Å²) in [5.41, 5.74) is 0.245. The monoisotopic (exact) mass is 348 g/mol. The van der Waals surface area contributed by atoms with Gasteiger partial charge in [-0.2, -0.15) is 13.2 Å². The molecule has 2 aliphatic heterocycles. The molecule has 6 heteroatoms. The Morgan fingerprint density at radius 2 is 1.90 bits per heavy atom. The van der Waals surface area contributed by atoms with E-state index in [1.165, 1.54) is 12.5 Å². The number of hydrogen-bond donors (Lipinski definition) is 1. The number of alkyl halides is 3. The molecular formula is C14H16BrF3N2. The molecule has 2 saturated heterocycles. The summed E-state index contributed by atoms with van der Waals surface area (Å²) in [6.07, 6.45) is -0.878. The fourth-order valence-corrected chi connectivity index (χ4v) is 3.73. The SMILES string of the molecule is FC(F)(F)c1ccc(N2CCC3CCC(C2)N3)c(Br)c1. The molecule has 0 aliphatic carbocycles. The molecule has 1 aromatic carbocycles. The summed E-state index contributed by atoms with van der Waals surface area (Å²) in [6, 6.07) is 4.93. The average molecular weight is 349 g/mol. The van der Waals surface area contributed by atoms with Crippen molar-refractivity contribution < 1.29 is 13.2 Å².